The van der Waals surface area contributed by atoms with Crippen molar-refractivity contribution >= 4 is 17.4 Å². The lowest BCUT2D eigenvalue weighted by atomic mass is 10.0. The zero-order valence-electron chi connectivity index (χ0n) is 13.6. The minimum Gasteiger partial charge on any atom is -0.349 e. The molecule has 4 rings (SSSR count). The third kappa shape index (κ3) is 2.66. The number of benzene rings is 1. The Morgan fingerprint density at radius 2 is 2.15 bits per heavy atom. The van der Waals surface area contributed by atoms with Crippen molar-refractivity contribution in [1.82, 2.24) is 20.1 Å². The largest absolute Gasteiger partial charge is 0.349 e. The maximum Gasteiger partial charge on any atom is 0.280 e. The summed E-state index contributed by atoms with van der Waals surface area (Å²) >= 11 is 0. The first kappa shape index (κ1) is 16.4. The quantitative estimate of drug-likeness (QED) is 0.555. The summed E-state index contributed by atoms with van der Waals surface area (Å²) in [6.07, 6.45) is 4.39. The van der Waals surface area contributed by atoms with E-state index in [9.17, 15) is 13.6 Å². The van der Waals surface area contributed by atoms with Gasteiger partial charge in [-0.25, -0.2) is 23.8 Å². The smallest absolute Gasteiger partial charge is 0.280 e. The molecule has 3 heterocycles. The molecule has 1 aromatic carbocycles. The minimum absolute atomic E-state index is 0.113. The first-order valence-electron chi connectivity index (χ1n) is 8.09. The van der Waals surface area contributed by atoms with Crippen LogP contribution in [-0.2, 0) is 0 Å². The van der Waals surface area contributed by atoms with Gasteiger partial charge in [-0.05, 0) is 37.1 Å². The van der Waals surface area contributed by atoms with Crippen molar-refractivity contribution in [2.24, 2.45) is 0 Å². The van der Waals surface area contributed by atoms with Crippen LogP contribution in [0.4, 0.5) is 14.6 Å². The van der Waals surface area contributed by atoms with E-state index in [2.05, 4.69) is 10.1 Å². The van der Waals surface area contributed by atoms with Crippen LogP contribution in [0.25, 0.3) is 5.65 Å². The lowest BCUT2D eigenvalue weighted by Gasteiger charge is -2.26. The Hall–Kier alpha value is -3.07. The monoisotopic (exact) mass is 359 g/mol. The number of nitrogens with zero attached hydrogens (tertiary/aromatic N) is 4. The van der Waals surface area contributed by atoms with Crippen LogP contribution >= 0.6 is 0 Å². The van der Waals surface area contributed by atoms with Crippen LogP contribution in [0.3, 0.4) is 0 Å². The van der Waals surface area contributed by atoms with Crippen LogP contribution in [0.1, 0.15) is 34.8 Å². The van der Waals surface area contributed by atoms with E-state index in [1.807, 2.05) is 4.90 Å². The molecule has 134 valence electrons. The number of nitrogens with one attached hydrogen (secondary N) is 1. The summed E-state index contributed by atoms with van der Waals surface area (Å²) < 4.78 is 29.2. The number of hydrogen-bond acceptors (Lipinski definition) is 5. The lowest BCUT2D eigenvalue weighted by Crippen LogP contribution is -2.25. The molecule has 1 atom stereocenters. The Labute approximate surface area is 146 Å². The zero-order chi connectivity index (χ0) is 18.3. The van der Waals surface area contributed by atoms with Gasteiger partial charge in [-0.15, -0.1) is 0 Å². The van der Waals surface area contributed by atoms with Gasteiger partial charge in [0.15, 0.2) is 5.65 Å². The molecule has 0 bridgehead atoms. The Kier molecular flexibility index (Phi) is 4.00. The third-order valence-electron chi connectivity index (χ3n) is 4.56. The van der Waals surface area contributed by atoms with Gasteiger partial charge in [-0.1, -0.05) is 0 Å². The van der Waals surface area contributed by atoms with Crippen molar-refractivity contribution in [3.63, 3.8) is 0 Å². The summed E-state index contributed by atoms with van der Waals surface area (Å²) in [5.74, 6) is -1.15. The average Bonchev–Trinajstić information content (AvgIpc) is 3.29. The third-order valence-corrected chi connectivity index (χ3v) is 4.56. The van der Waals surface area contributed by atoms with E-state index in [4.69, 9.17) is 5.21 Å². The lowest BCUT2D eigenvalue weighted by molar-refractivity contribution is 0.0708. The highest BCUT2D eigenvalue weighted by Crippen LogP contribution is 2.36. The first-order valence-corrected chi connectivity index (χ1v) is 8.09. The Morgan fingerprint density at radius 1 is 1.31 bits per heavy atom. The number of amides is 1. The molecule has 3 aromatic rings. The van der Waals surface area contributed by atoms with Crippen molar-refractivity contribution in [2.45, 2.75) is 18.9 Å². The number of rotatable bonds is 3. The van der Waals surface area contributed by atoms with Crippen LogP contribution < -0.4 is 10.4 Å². The Balaban J connectivity index is 1.76. The number of hydroxylamine groups is 1. The fourth-order valence-electron chi connectivity index (χ4n) is 3.37. The van der Waals surface area contributed by atoms with Gasteiger partial charge in [-0.2, -0.15) is 5.10 Å². The summed E-state index contributed by atoms with van der Waals surface area (Å²) in [4.78, 5) is 18.1. The van der Waals surface area contributed by atoms with Gasteiger partial charge in [0, 0.05) is 18.3 Å². The van der Waals surface area contributed by atoms with Gasteiger partial charge >= 0.3 is 0 Å². The summed E-state index contributed by atoms with van der Waals surface area (Å²) in [6, 6.07) is 4.78. The van der Waals surface area contributed by atoms with Crippen LogP contribution in [0.2, 0.25) is 0 Å². The first-order chi connectivity index (χ1) is 12.6. The van der Waals surface area contributed by atoms with E-state index >= 15 is 0 Å². The van der Waals surface area contributed by atoms with Crippen molar-refractivity contribution in [3.05, 3.63) is 59.4 Å². The highest BCUT2D eigenvalue weighted by atomic mass is 19.1. The molecule has 0 saturated carbocycles. The molecule has 26 heavy (non-hydrogen) atoms. The second-order valence-electron chi connectivity index (χ2n) is 6.07. The number of carbonyl (C=O) groups is 1. The highest BCUT2D eigenvalue weighted by Gasteiger charge is 2.30. The Morgan fingerprint density at radius 3 is 2.96 bits per heavy atom. The molecule has 9 heteroatoms. The normalized spacial score (nSPS) is 17.0. The van der Waals surface area contributed by atoms with Crippen LogP contribution in [0.5, 0.6) is 0 Å². The van der Waals surface area contributed by atoms with Crippen molar-refractivity contribution in [1.29, 1.82) is 0 Å². The second kappa shape index (κ2) is 6.34. The molecule has 2 aromatic heterocycles. The summed E-state index contributed by atoms with van der Waals surface area (Å²) in [5, 5.41) is 12.9. The predicted molar refractivity (Wildman–Crippen MR) is 87.9 cm³/mol. The fourth-order valence-corrected chi connectivity index (χ4v) is 3.37. The van der Waals surface area contributed by atoms with Gasteiger partial charge in [0.1, 0.15) is 23.0 Å². The fraction of sp³-hybridized carbons (Fsp3) is 0.235. The van der Waals surface area contributed by atoms with E-state index in [-0.39, 0.29) is 22.8 Å². The van der Waals surface area contributed by atoms with Gasteiger partial charge < -0.3 is 4.90 Å². The number of halogens is 2. The number of anilines is 1. The molecule has 1 saturated heterocycles. The summed E-state index contributed by atoms with van der Waals surface area (Å²) in [7, 11) is 0. The maximum absolute atomic E-state index is 14.2. The summed E-state index contributed by atoms with van der Waals surface area (Å²) in [5.41, 5.74) is 2.22. The standard InChI is InChI=1S/C17H15F2N5O2/c18-10-3-4-13(19)11(8-10)14-2-1-6-23(14)15-5-7-24-16(21-15)12(9-20-24)17(25)22-26/h3-5,7-9,14,26H,1-2,6H2,(H,22,25)/t14-/m1/s1. The highest BCUT2D eigenvalue weighted by molar-refractivity contribution is 5.99. The molecule has 0 spiro atoms. The van der Waals surface area contributed by atoms with Crippen LogP contribution in [0.15, 0.2) is 36.7 Å². The van der Waals surface area contributed by atoms with Crippen LogP contribution in [0, 0.1) is 11.6 Å². The van der Waals surface area contributed by atoms with Crippen molar-refractivity contribution < 1.29 is 18.8 Å². The second-order valence-corrected chi connectivity index (χ2v) is 6.07. The summed E-state index contributed by atoms with van der Waals surface area (Å²) in [6.45, 7) is 0.624. The molecule has 0 unspecified atom stereocenters. The molecule has 0 aliphatic carbocycles. The maximum atomic E-state index is 14.2. The zero-order valence-corrected chi connectivity index (χ0v) is 13.6. The molecule has 2 N–H and O–H groups in total. The molecule has 1 aliphatic rings. The van der Waals surface area contributed by atoms with E-state index in [1.54, 1.807) is 17.7 Å². The molecule has 7 nitrogen and oxygen atoms in total. The van der Waals surface area contributed by atoms with Crippen molar-refractivity contribution in [2.75, 3.05) is 11.4 Å². The topological polar surface area (TPSA) is 82.8 Å². The number of carbonyl (C=O) groups excluding carboxylic acids is 1. The molecule has 0 radical (unpaired) electrons. The molecular weight excluding hydrogens is 344 g/mol. The minimum atomic E-state index is -0.723. The van der Waals surface area contributed by atoms with Gasteiger partial charge in [0.05, 0.1) is 12.2 Å². The molecular formula is C17H15F2N5O2. The predicted octanol–water partition coefficient (Wildman–Crippen LogP) is 2.47. The van der Waals surface area contributed by atoms with Crippen LogP contribution in [-0.4, -0.2) is 32.3 Å². The molecule has 1 fully saturated rings. The number of hydrogen-bond donors (Lipinski definition) is 2. The SMILES string of the molecule is O=C(NO)c1cnn2ccc(N3CCC[C@@H]3c3cc(F)ccc3F)nc12. The molecule has 1 amide bonds. The van der Waals surface area contributed by atoms with Gasteiger partial charge in [0.25, 0.3) is 5.91 Å². The average molecular weight is 359 g/mol. The van der Waals surface area contributed by atoms with E-state index in [0.29, 0.717) is 18.8 Å². The number of aromatic nitrogens is 3. The van der Waals surface area contributed by atoms with E-state index in [1.165, 1.54) is 16.8 Å². The van der Waals surface area contributed by atoms with E-state index in [0.717, 1.165) is 18.6 Å². The van der Waals surface area contributed by atoms with E-state index < -0.39 is 17.5 Å². The van der Waals surface area contributed by atoms with Crippen molar-refractivity contribution in [3.8, 4) is 0 Å². The number of fused-ring (bicyclic) bond motifs is 1. The Bertz CT molecular complexity index is 990. The van der Waals surface area contributed by atoms with Gasteiger partial charge in [-0.3, -0.25) is 10.0 Å². The van der Waals surface area contributed by atoms with Gasteiger partial charge in [0.2, 0.25) is 0 Å². The molecule has 1 aliphatic heterocycles.